The predicted octanol–water partition coefficient (Wildman–Crippen LogP) is 2.62. The van der Waals surface area contributed by atoms with Crippen LogP contribution in [0.3, 0.4) is 0 Å². The van der Waals surface area contributed by atoms with Crippen LogP contribution in [0.25, 0.3) is 0 Å². The average Bonchev–Trinajstić information content (AvgIpc) is 2.64. The molecular weight excluding hydrogens is 372 g/mol. The maximum Gasteiger partial charge on any atom is 0.410 e. The largest absolute Gasteiger partial charge is 0.458 e. The van der Waals surface area contributed by atoms with Gasteiger partial charge in [0.25, 0.3) is 0 Å². The first-order valence-electron chi connectivity index (χ1n) is 9.47. The number of carbonyl (C=O) groups excluding carboxylic acids is 3. The first kappa shape index (κ1) is 22.2. The summed E-state index contributed by atoms with van der Waals surface area (Å²) >= 11 is 0. The molecule has 1 amide bonds. The number of amides is 1. The fraction of sp³-hybridized carbons (Fsp3) is 0.409. The van der Waals surface area contributed by atoms with Gasteiger partial charge in [0.05, 0.1) is 13.1 Å². The van der Waals surface area contributed by atoms with E-state index in [1.165, 1.54) is 17.1 Å². The second-order valence-electron chi connectivity index (χ2n) is 7.78. The van der Waals surface area contributed by atoms with Crippen molar-refractivity contribution in [3.05, 3.63) is 60.3 Å². The number of esters is 1. The topological polar surface area (TPSA) is 84.9 Å². The summed E-state index contributed by atoms with van der Waals surface area (Å²) < 4.78 is 10.5. The van der Waals surface area contributed by atoms with E-state index in [1.54, 1.807) is 20.8 Å². The van der Waals surface area contributed by atoms with Crippen molar-refractivity contribution in [3.63, 3.8) is 0 Å². The van der Waals surface area contributed by atoms with E-state index >= 15 is 0 Å². The highest BCUT2D eigenvalue weighted by molar-refractivity contribution is 5.95. The summed E-state index contributed by atoms with van der Waals surface area (Å²) in [6, 6.07) is 8.80. The van der Waals surface area contributed by atoms with Gasteiger partial charge in [-0.1, -0.05) is 43.0 Å². The first-order chi connectivity index (χ1) is 13.7. The molecule has 1 heterocycles. The van der Waals surface area contributed by atoms with Gasteiger partial charge in [-0.3, -0.25) is 9.69 Å². The molecule has 156 valence electrons. The summed E-state index contributed by atoms with van der Waals surface area (Å²) in [5.74, 6) is -0.682. The Morgan fingerprint density at radius 2 is 1.93 bits per heavy atom. The second-order valence-corrected chi connectivity index (χ2v) is 7.78. The van der Waals surface area contributed by atoms with Crippen molar-refractivity contribution in [1.82, 2.24) is 10.2 Å². The summed E-state index contributed by atoms with van der Waals surface area (Å²) in [7, 11) is 0. The van der Waals surface area contributed by atoms with Crippen LogP contribution in [0.1, 0.15) is 26.3 Å². The van der Waals surface area contributed by atoms with Gasteiger partial charge in [0.1, 0.15) is 18.2 Å². The maximum absolute atomic E-state index is 12.8. The van der Waals surface area contributed by atoms with Crippen LogP contribution in [0, 0.1) is 0 Å². The van der Waals surface area contributed by atoms with Crippen LogP contribution < -0.4 is 5.32 Å². The molecule has 1 atom stereocenters. The minimum absolute atomic E-state index is 0.0601. The number of ether oxygens (including phenoxy) is 2. The quantitative estimate of drug-likeness (QED) is 0.559. The number of hydrogen-bond donors (Lipinski definition) is 1. The molecule has 0 unspecified atom stereocenters. The van der Waals surface area contributed by atoms with Crippen LogP contribution in [-0.2, 0) is 25.5 Å². The highest BCUT2D eigenvalue weighted by Gasteiger charge is 2.29. The Hall–Kier alpha value is -3.09. The molecule has 0 radical (unpaired) electrons. The maximum atomic E-state index is 12.8. The summed E-state index contributed by atoms with van der Waals surface area (Å²) in [6.07, 6.45) is 2.64. The van der Waals surface area contributed by atoms with E-state index in [1.807, 2.05) is 30.3 Å². The van der Waals surface area contributed by atoms with E-state index in [9.17, 15) is 14.4 Å². The molecule has 1 aromatic rings. The zero-order valence-electron chi connectivity index (χ0n) is 17.1. The molecule has 0 spiro atoms. The Morgan fingerprint density at radius 1 is 1.24 bits per heavy atom. The van der Waals surface area contributed by atoms with Crippen LogP contribution >= 0.6 is 0 Å². The van der Waals surface area contributed by atoms with Crippen molar-refractivity contribution in [3.8, 4) is 0 Å². The molecule has 0 aromatic heterocycles. The van der Waals surface area contributed by atoms with E-state index in [0.717, 1.165) is 5.56 Å². The highest BCUT2D eigenvalue weighted by atomic mass is 16.6. The molecule has 1 N–H and O–H groups in total. The zero-order valence-corrected chi connectivity index (χ0v) is 17.1. The molecule has 1 aliphatic rings. The van der Waals surface area contributed by atoms with E-state index in [0.29, 0.717) is 12.1 Å². The SMILES string of the molecule is C=CCOC(=O)N1CC(=O)C=C(N[C@@H](Cc2ccccc2)C(=O)OC(C)(C)C)C1. The minimum Gasteiger partial charge on any atom is -0.458 e. The Bertz CT molecular complexity index is 780. The van der Waals surface area contributed by atoms with Gasteiger partial charge in [-0.15, -0.1) is 0 Å². The summed E-state index contributed by atoms with van der Waals surface area (Å²) in [5, 5.41) is 3.09. The smallest absolute Gasteiger partial charge is 0.410 e. The number of nitrogens with zero attached hydrogens (tertiary/aromatic N) is 1. The number of hydrogen-bond acceptors (Lipinski definition) is 6. The third-order valence-electron chi connectivity index (χ3n) is 3.96. The third-order valence-corrected chi connectivity index (χ3v) is 3.96. The number of benzene rings is 1. The van der Waals surface area contributed by atoms with Crippen molar-refractivity contribution >= 4 is 17.8 Å². The predicted molar refractivity (Wildman–Crippen MR) is 109 cm³/mol. The summed E-state index contributed by atoms with van der Waals surface area (Å²) in [5.41, 5.74) is 0.759. The van der Waals surface area contributed by atoms with Crippen molar-refractivity contribution in [2.75, 3.05) is 19.7 Å². The fourth-order valence-corrected chi connectivity index (χ4v) is 2.81. The van der Waals surface area contributed by atoms with Crippen LogP contribution in [0.4, 0.5) is 4.79 Å². The Morgan fingerprint density at radius 3 is 2.55 bits per heavy atom. The lowest BCUT2D eigenvalue weighted by Gasteiger charge is -2.30. The molecule has 29 heavy (non-hydrogen) atoms. The molecule has 7 heteroatoms. The van der Waals surface area contributed by atoms with Crippen LogP contribution in [-0.4, -0.2) is 54.1 Å². The lowest BCUT2D eigenvalue weighted by molar-refractivity contribution is -0.157. The molecule has 0 fully saturated rings. The van der Waals surface area contributed by atoms with Gasteiger partial charge in [0, 0.05) is 18.2 Å². The Labute approximate surface area is 171 Å². The number of rotatable bonds is 7. The first-order valence-corrected chi connectivity index (χ1v) is 9.47. The van der Waals surface area contributed by atoms with Crippen molar-refractivity contribution in [2.45, 2.75) is 38.8 Å². The molecule has 0 saturated carbocycles. The Balaban J connectivity index is 2.15. The lowest BCUT2D eigenvalue weighted by Crippen LogP contribution is -2.48. The van der Waals surface area contributed by atoms with E-state index in [4.69, 9.17) is 9.47 Å². The third kappa shape index (κ3) is 7.44. The van der Waals surface area contributed by atoms with Crippen LogP contribution in [0.2, 0.25) is 0 Å². The standard InChI is InChI=1S/C22H28N2O5/c1-5-11-28-21(27)24-14-17(13-18(25)15-24)23-19(20(26)29-22(2,3)4)12-16-9-7-6-8-10-16/h5-10,13,19,23H,1,11-12,14-15H2,2-4H3/t19-/m0/s1. The molecule has 0 saturated heterocycles. The summed E-state index contributed by atoms with van der Waals surface area (Å²) in [6.45, 7) is 9.01. The van der Waals surface area contributed by atoms with Crippen molar-refractivity contribution < 1.29 is 23.9 Å². The van der Waals surface area contributed by atoms with E-state index in [2.05, 4.69) is 11.9 Å². The van der Waals surface area contributed by atoms with Gasteiger partial charge in [0.15, 0.2) is 5.78 Å². The summed E-state index contributed by atoms with van der Waals surface area (Å²) in [4.78, 5) is 38.2. The van der Waals surface area contributed by atoms with Gasteiger partial charge in [-0.2, -0.15) is 0 Å². The van der Waals surface area contributed by atoms with Gasteiger partial charge >= 0.3 is 12.1 Å². The number of carbonyl (C=O) groups is 3. The Kier molecular flexibility index (Phi) is 7.59. The van der Waals surface area contributed by atoms with Gasteiger partial charge < -0.3 is 14.8 Å². The van der Waals surface area contributed by atoms with Crippen LogP contribution in [0.15, 0.2) is 54.8 Å². The highest BCUT2D eigenvalue weighted by Crippen LogP contribution is 2.14. The molecule has 1 aromatic carbocycles. The van der Waals surface area contributed by atoms with E-state index < -0.39 is 23.7 Å². The van der Waals surface area contributed by atoms with Crippen LogP contribution in [0.5, 0.6) is 0 Å². The van der Waals surface area contributed by atoms with Crippen molar-refractivity contribution in [1.29, 1.82) is 0 Å². The number of ketones is 1. The molecule has 1 aliphatic heterocycles. The van der Waals surface area contributed by atoms with Crippen molar-refractivity contribution in [2.24, 2.45) is 0 Å². The molecule has 0 bridgehead atoms. The lowest BCUT2D eigenvalue weighted by atomic mass is 10.0. The minimum atomic E-state index is -0.708. The number of nitrogens with one attached hydrogen (secondary N) is 1. The average molecular weight is 400 g/mol. The van der Waals surface area contributed by atoms with E-state index in [-0.39, 0.29) is 25.5 Å². The van der Waals surface area contributed by atoms with Gasteiger partial charge in [-0.05, 0) is 26.3 Å². The van der Waals surface area contributed by atoms with Gasteiger partial charge in [-0.25, -0.2) is 9.59 Å². The van der Waals surface area contributed by atoms with Gasteiger partial charge in [0.2, 0.25) is 0 Å². The monoisotopic (exact) mass is 400 g/mol. The zero-order chi connectivity index (χ0) is 21.4. The fourth-order valence-electron chi connectivity index (χ4n) is 2.81. The molecule has 7 nitrogen and oxygen atoms in total. The second kappa shape index (κ2) is 9.91. The molecule has 0 aliphatic carbocycles. The molecule has 2 rings (SSSR count). The molecular formula is C22H28N2O5. The normalized spacial score (nSPS) is 15.2.